The van der Waals surface area contributed by atoms with E-state index in [4.69, 9.17) is 10.5 Å². The van der Waals surface area contributed by atoms with Crippen LogP contribution in [0.1, 0.15) is 38.2 Å². The molecule has 2 aliphatic rings. The fraction of sp³-hybridized carbons (Fsp3) is 0.353. The molecule has 0 spiro atoms. The molecule has 0 radical (unpaired) electrons. The molecule has 0 saturated heterocycles. The van der Waals surface area contributed by atoms with Gasteiger partial charge in [-0.2, -0.15) is 5.26 Å². The van der Waals surface area contributed by atoms with Crippen LogP contribution in [0, 0.1) is 16.7 Å². The lowest BCUT2D eigenvalue weighted by molar-refractivity contribution is -0.119. The number of nitrogens with zero attached hydrogens (tertiary/aromatic N) is 2. The van der Waals surface area contributed by atoms with Crippen LogP contribution in [0.15, 0.2) is 47.3 Å². The van der Waals surface area contributed by atoms with E-state index in [1.54, 1.807) is 24.5 Å². The average molecular weight is 295 g/mol. The van der Waals surface area contributed by atoms with E-state index in [0.29, 0.717) is 24.2 Å². The Balaban J connectivity index is 2.18. The van der Waals surface area contributed by atoms with E-state index in [1.807, 2.05) is 13.8 Å². The fourth-order valence-electron chi connectivity index (χ4n) is 3.17. The molecule has 0 saturated carbocycles. The van der Waals surface area contributed by atoms with Gasteiger partial charge in [0.2, 0.25) is 5.88 Å². The molecule has 1 aliphatic carbocycles. The third-order valence-electron chi connectivity index (χ3n) is 4.11. The lowest BCUT2D eigenvalue weighted by atomic mass is 9.70. The predicted molar refractivity (Wildman–Crippen MR) is 79.9 cm³/mol. The number of ketones is 1. The summed E-state index contributed by atoms with van der Waals surface area (Å²) in [5.74, 6) is 0.252. The summed E-state index contributed by atoms with van der Waals surface area (Å²) in [5.41, 5.74) is 7.46. The Morgan fingerprint density at radius 1 is 1.36 bits per heavy atom. The van der Waals surface area contributed by atoms with Gasteiger partial charge in [-0.25, -0.2) is 0 Å². The number of rotatable bonds is 1. The van der Waals surface area contributed by atoms with Gasteiger partial charge in [-0.15, -0.1) is 0 Å². The number of carbonyl (C=O) groups is 1. The molecule has 112 valence electrons. The fourth-order valence-corrected chi connectivity index (χ4v) is 3.17. The Morgan fingerprint density at radius 2 is 2.05 bits per heavy atom. The van der Waals surface area contributed by atoms with Crippen LogP contribution in [0.25, 0.3) is 0 Å². The first kappa shape index (κ1) is 14.3. The van der Waals surface area contributed by atoms with Crippen LogP contribution in [0.2, 0.25) is 0 Å². The zero-order chi connectivity index (χ0) is 15.9. The molecule has 1 aliphatic heterocycles. The van der Waals surface area contributed by atoms with Crippen molar-refractivity contribution in [2.24, 2.45) is 11.1 Å². The van der Waals surface area contributed by atoms with Crippen molar-refractivity contribution in [1.29, 1.82) is 5.26 Å². The number of Topliss-reactive ketones (excluding diaryl/α,β-unsaturated/α-hetero) is 1. The van der Waals surface area contributed by atoms with Crippen LogP contribution in [-0.2, 0) is 9.53 Å². The molecule has 2 N–H and O–H groups in total. The Labute approximate surface area is 129 Å². The van der Waals surface area contributed by atoms with Crippen molar-refractivity contribution in [3.63, 3.8) is 0 Å². The highest BCUT2D eigenvalue weighted by Gasteiger charge is 2.42. The predicted octanol–water partition coefficient (Wildman–Crippen LogP) is 2.53. The van der Waals surface area contributed by atoms with Crippen LogP contribution in [0.4, 0.5) is 0 Å². The molecule has 0 fully saturated rings. The van der Waals surface area contributed by atoms with Crippen LogP contribution in [-0.4, -0.2) is 10.8 Å². The molecular formula is C17H17N3O2. The van der Waals surface area contributed by atoms with Crippen molar-refractivity contribution < 1.29 is 9.53 Å². The summed E-state index contributed by atoms with van der Waals surface area (Å²) in [5, 5.41) is 9.46. The average Bonchev–Trinajstić information content (AvgIpc) is 2.45. The van der Waals surface area contributed by atoms with Gasteiger partial charge in [-0.05, 0) is 23.1 Å². The number of nitriles is 1. The van der Waals surface area contributed by atoms with Gasteiger partial charge in [-0.1, -0.05) is 13.8 Å². The first-order valence-electron chi connectivity index (χ1n) is 7.17. The second kappa shape index (κ2) is 4.99. The van der Waals surface area contributed by atoms with Gasteiger partial charge in [0.15, 0.2) is 5.78 Å². The summed E-state index contributed by atoms with van der Waals surface area (Å²) in [7, 11) is 0. The highest BCUT2D eigenvalue weighted by atomic mass is 16.5. The van der Waals surface area contributed by atoms with Gasteiger partial charge in [0.25, 0.3) is 0 Å². The molecule has 1 atom stereocenters. The number of ether oxygens (including phenoxy) is 1. The minimum atomic E-state index is -0.458. The van der Waals surface area contributed by atoms with Gasteiger partial charge in [0.05, 0.1) is 5.92 Å². The van der Waals surface area contributed by atoms with Crippen molar-refractivity contribution in [3.8, 4) is 6.07 Å². The van der Waals surface area contributed by atoms with Gasteiger partial charge in [-0.3, -0.25) is 9.78 Å². The minimum Gasteiger partial charge on any atom is -0.444 e. The van der Waals surface area contributed by atoms with Gasteiger partial charge >= 0.3 is 0 Å². The molecule has 0 aromatic carbocycles. The smallest absolute Gasteiger partial charge is 0.205 e. The molecule has 1 aromatic rings. The molecule has 2 heterocycles. The topological polar surface area (TPSA) is 89.0 Å². The number of aromatic nitrogens is 1. The maximum absolute atomic E-state index is 12.7. The number of hydrogen-bond donors (Lipinski definition) is 1. The second-order valence-electron chi connectivity index (χ2n) is 6.48. The molecule has 22 heavy (non-hydrogen) atoms. The lowest BCUT2D eigenvalue weighted by Gasteiger charge is -2.37. The first-order valence-corrected chi connectivity index (χ1v) is 7.17. The molecular weight excluding hydrogens is 278 g/mol. The van der Waals surface area contributed by atoms with Crippen molar-refractivity contribution in [1.82, 2.24) is 4.98 Å². The number of nitrogens with two attached hydrogens (primary N) is 1. The van der Waals surface area contributed by atoms with E-state index < -0.39 is 5.92 Å². The van der Waals surface area contributed by atoms with E-state index in [-0.39, 0.29) is 22.7 Å². The number of hydrogen-bond acceptors (Lipinski definition) is 5. The van der Waals surface area contributed by atoms with Crippen LogP contribution in [0.3, 0.4) is 0 Å². The largest absolute Gasteiger partial charge is 0.444 e. The van der Waals surface area contributed by atoms with Crippen molar-refractivity contribution in [3.05, 3.63) is 52.9 Å². The monoisotopic (exact) mass is 295 g/mol. The van der Waals surface area contributed by atoms with Gasteiger partial charge < -0.3 is 10.5 Å². The molecule has 3 rings (SSSR count). The summed E-state index contributed by atoms with van der Waals surface area (Å²) in [6.07, 6.45) is 4.37. The summed E-state index contributed by atoms with van der Waals surface area (Å²) in [6, 6.07) is 5.71. The van der Waals surface area contributed by atoms with E-state index in [1.165, 1.54) is 0 Å². The second-order valence-corrected chi connectivity index (χ2v) is 6.48. The van der Waals surface area contributed by atoms with Crippen LogP contribution >= 0.6 is 0 Å². The molecule has 0 unspecified atom stereocenters. The normalized spacial score (nSPS) is 23.7. The van der Waals surface area contributed by atoms with Crippen molar-refractivity contribution >= 4 is 5.78 Å². The molecule has 1 aromatic heterocycles. The minimum absolute atomic E-state index is 0.0216. The van der Waals surface area contributed by atoms with Crippen LogP contribution < -0.4 is 5.73 Å². The highest BCUT2D eigenvalue weighted by molar-refractivity contribution is 6.00. The Kier molecular flexibility index (Phi) is 3.25. The quantitative estimate of drug-likeness (QED) is 0.860. The summed E-state index contributed by atoms with van der Waals surface area (Å²) in [6.45, 7) is 4.05. The molecule has 5 heteroatoms. The first-order chi connectivity index (χ1) is 10.4. The maximum Gasteiger partial charge on any atom is 0.205 e. The maximum atomic E-state index is 12.7. The Morgan fingerprint density at radius 3 is 2.68 bits per heavy atom. The standard InChI is InChI=1S/C17H17N3O2/c1-17(2)7-12(21)15-13(8-17)22-16(19)11(9-18)14(15)10-3-5-20-6-4-10/h3-6,14H,7-8,19H2,1-2H3/t14-/m1/s1. The zero-order valence-corrected chi connectivity index (χ0v) is 12.6. The van der Waals surface area contributed by atoms with E-state index in [0.717, 1.165) is 5.56 Å². The lowest BCUT2D eigenvalue weighted by Crippen LogP contribution is -2.33. The number of carbonyl (C=O) groups excluding carboxylic acids is 1. The molecule has 5 nitrogen and oxygen atoms in total. The van der Waals surface area contributed by atoms with Gasteiger partial charge in [0, 0.05) is 30.8 Å². The van der Waals surface area contributed by atoms with Crippen molar-refractivity contribution in [2.45, 2.75) is 32.6 Å². The summed E-state index contributed by atoms with van der Waals surface area (Å²) < 4.78 is 5.63. The highest BCUT2D eigenvalue weighted by Crippen LogP contribution is 2.47. The van der Waals surface area contributed by atoms with Crippen molar-refractivity contribution in [2.75, 3.05) is 0 Å². The number of allylic oxidation sites excluding steroid dienone is 3. The van der Waals surface area contributed by atoms with Crippen LogP contribution in [0.5, 0.6) is 0 Å². The van der Waals surface area contributed by atoms with Gasteiger partial charge in [0.1, 0.15) is 17.4 Å². The summed E-state index contributed by atoms with van der Waals surface area (Å²) >= 11 is 0. The summed E-state index contributed by atoms with van der Waals surface area (Å²) in [4.78, 5) is 16.7. The third kappa shape index (κ3) is 2.27. The SMILES string of the molecule is CC1(C)CC(=O)C2=C(C1)OC(N)=C(C#N)[C@H]2c1ccncc1. The molecule has 0 amide bonds. The van der Waals surface area contributed by atoms with E-state index in [2.05, 4.69) is 11.1 Å². The Bertz CT molecular complexity index is 739. The number of pyridine rings is 1. The van der Waals surface area contributed by atoms with E-state index >= 15 is 0 Å². The third-order valence-corrected chi connectivity index (χ3v) is 4.11. The zero-order valence-electron chi connectivity index (χ0n) is 12.6. The molecule has 0 bridgehead atoms. The Hall–Kier alpha value is -2.61. The van der Waals surface area contributed by atoms with E-state index in [9.17, 15) is 10.1 Å².